The summed E-state index contributed by atoms with van der Waals surface area (Å²) in [6.45, 7) is 4.70. The topological polar surface area (TPSA) is 47.6 Å². The lowest BCUT2D eigenvalue weighted by atomic mass is 9.84. The maximum absolute atomic E-state index is 11.1. The van der Waals surface area contributed by atoms with Gasteiger partial charge in [-0.2, -0.15) is 0 Å². The predicted octanol–water partition coefficient (Wildman–Crippen LogP) is 3.48. The molecule has 1 aliphatic rings. The van der Waals surface area contributed by atoms with Crippen LogP contribution in [-0.2, 0) is 9.47 Å². The number of hydrogen-bond donors (Lipinski definition) is 1. The molecule has 0 aromatic rings. The Labute approximate surface area is 124 Å². The summed E-state index contributed by atoms with van der Waals surface area (Å²) in [5.41, 5.74) is -0.405. The molecule has 112 valence electrons. The minimum absolute atomic E-state index is 0.364. The van der Waals surface area contributed by atoms with Gasteiger partial charge in [-0.15, -0.1) is 0 Å². The summed E-state index contributed by atoms with van der Waals surface area (Å²) in [6.07, 6.45) is 5.38. The lowest BCUT2D eigenvalue weighted by Gasteiger charge is -2.34. The molecule has 0 aromatic heterocycles. The standard InChI is InChI=1S/C14H26BrNO3/c1-14(2,19-13(17)16-3)6-4-5-7-18-12-8-11(9-12)10-15/h11-12H,4-10H2,1-3H3,(H,16,17). The summed E-state index contributed by atoms with van der Waals surface area (Å²) in [5, 5.41) is 3.57. The van der Waals surface area contributed by atoms with Crippen LogP contribution in [0.3, 0.4) is 0 Å². The number of halogens is 1. The number of unbranched alkanes of at least 4 members (excludes halogenated alkanes) is 1. The van der Waals surface area contributed by atoms with Crippen molar-refractivity contribution < 1.29 is 14.3 Å². The maximum Gasteiger partial charge on any atom is 0.407 e. The second kappa shape index (κ2) is 8.10. The molecule has 19 heavy (non-hydrogen) atoms. The van der Waals surface area contributed by atoms with Crippen molar-refractivity contribution in [2.45, 2.75) is 57.7 Å². The minimum atomic E-state index is -0.405. The maximum atomic E-state index is 11.1. The Hall–Kier alpha value is -0.290. The van der Waals surface area contributed by atoms with Crippen molar-refractivity contribution in [3.8, 4) is 0 Å². The average molecular weight is 336 g/mol. The van der Waals surface area contributed by atoms with Gasteiger partial charge in [0.1, 0.15) is 5.60 Å². The van der Waals surface area contributed by atoms with E-state index in [2.05, 4.69) is 21.2 Å². The number of alkyl halides is 1. The van der Waals surface area contributed by atoms with E-state index in [4.69, 9.17) is 9.47 Å². The molecule has 0 unspecified atom stereocenters. The summed E-state index contributed by atoms with van der Waals surface area (Å²) in [5.74, 6) is 0.810. The molecule has 0 aromatic carbocycles. The summed E-state index contributed by atoms with van der Waals surface area (Å²) in [7, 11) is 1.57. The Balaban J connectivity index is 1.99. The van der Waals surface area contributed by atoms with Gasteiger partial charge in [-0.1, -0.05) is 15.9 Å². The normalized spacial score (nSPS) is 22.7. The highest BCUT2D eigenvalue weighted by atomic mass is 79.9. The van der Waals surface area contributed by atoms with Gasteiger partial charge in [0.25, 0.3) is 0 Å². The van der Waals surface area contributed by atoms with Crippen LogP contribution in [0.2, 0.25) is 0 Å². The highest BCUT2D eigenvalue weighted by Gasteiger charge is 2.28. The second-order valence-electron chi connectivity index (χ2n) is 5.84. The summed E-state index contributed by atoms with van der Waals surface area (Å²) in [4.78, 5) is 11.1. The van der Waals surface area contributed by atoms with Crippen LogP contribution in [0.25, 0.3) is 0 Å². The number of carbonyl (C=O) groups is 1. The second-order valence-corrected chi connectivity index (χ2v) is 6.49. The molecule has 0 radical (unpaired) electrons. The van der Waals surface area contributed by atoms with E-state index >= 15 is 0 Å². The first-order chi connectivity index (χ1) is 8.96. The van der Waals surface area contributed by atoms with Crippen molar-refractivity contribution in [2.24, 2.45) is 5.92 Å². The quantitative estimate of drug-likeness (QED) is 0.545. The van der Waals surface area contributed by atoms with Gasteiger partial charge in [0.15, 0.2) is 0 Å². The summed E-state index contributed by atoms with van der Waals surface area (Å²) in [6, 6.07) is 0. The van der Waals surface area contributed by atoms with E-state index < -0.39 is 5.60 Å². The molecule has 1 aliphatic carbocycles. The first-order valence-electron chi connectivity index (χ1n) is 7.05. The molecule has 1 saturated carbocycles. The van der Waals surface area contributed by atoms with Crippen LogP contribution in [0.5, 0.6) is 0 Å². The van der Waals surface area contributed by atoms with E-state index in [1.165, 1.54) is 12.8 Å². The molecule has 0 aliphatic heterocycles. The molecular formula is C14H26BrNO3. The predicted molar refractivity (Wildman–Crippen MR) is 79.7 cm³/mol. The van der Waals surface area contributed by atoms with Gasteiger partial charge in [-0.3, -0.25) is 0 Å². The summed E-state index contributed by atoms with van der Waals surface area (Å²) < 4.78 is 11.1. The number of carbonyl (C=O) groups excluding carboxylic acids is 1. The van der Waals surface area contributed by atoms with Crippen LogP contribution >= 0.6 is 15.9 Å². The van der Waals surface area contributed by atoms with Gasteiger partial charge >= 0.3 is 6.09 Å². The first kappa shape index (κ1) is 16.8. The van der Waals surface area contributed by atoms with Gasteiger partial charge < -0.3 is 14.8 Å². The molecule has 1 fully saturated rings. The molecule has 0 bridgehead atoms. The fourth-order valence-electron chi connectivity index (χ4n) is 2.19. The largest absolute Gasteiger partial charge is 0.444 e. The molecule has 0 atom stereocenters. The lowest BCUT2D eigenvalue weighted by Crippen LogP contribution is -2.33. The van der Waals surface area contributed by atoms with E-state index in [0.29, 0.717) is 6.10 Å². The molecule has 0 heterocycles. The molecule has 5 heteroatoms. The van der Waals surface area contributed by atoms with E-state index in [9.17, 15) is 4.79 Å². The Morgan fingerprint density at radius 1 is 1.37 bits per heavy atom. The van der Waals surface area contributed by atoms with Gasteiger partial charge in [0, 0.05) is 19.0 Å². The van der Waals surface area contributed by atoms with Crippen LogP contribution in [0, 0.1) is 5.92 Å². The average Bonchev–Trinajstić information content (AvgIpc) is 2.30. The number of alkyl carbamates (subject to hydrolysis) is 1. The summed E-state index contributed by atoms with van der Waals surface area (Å²) >= 11 is 3.49. The number of amides is 1. The highest BCUT2D eigenvalue weighted by Crippen LogP contribution is 2.31. The number of hydrogen-bond acceptors (Lipinski definition) is 3. The van der Waals surface area contributed by atoms with Crippen molar-refractivity contribution in [3.05, 3.63) is 0 Å². The molecular weight excluding hydrogens is 310 g/mol. The number of ether oxygens (including phenoxy) is 2. The molecule has 1 amide bonds. The third-order valence-electron chi connectivity index (χ3n) is 3.51. The Morgan fingerprint density at radius 3 is 2.63 bits per heavy atom. The number of nitrogens with one attached hydrogen (secondary N) is 1. The third-order valence-corrected chi connectivity index (χ3v) is 4.43. The van der Waals surface area contributed by atoms with E-state index in [1.807, 2.05) is 13.8 Å². The number of rotatable bonds is 8. The Morgan fingerprint density at radius 2 is 2.05 bits per heavy atom. The molecule has 4 nitrogen and oxygen atoms in total. The highest BCUT2D eigenvalue weighted by molar-refractivity contribution is 9.09. The van der Waals surface area contributed by atoms with Crippen LogP contribution in [0.4, 0.5) is 4.79 Å². The van der Waals surface area contributed by atoms with Crippen LogP contribution in [0.1, 0.15) is 46.0 Å². The van der Waals surface area contributed by atoms with Crippen LogP contribution < -0.4 is 5.32 Å². The van der Waals surface area contributed by atoms with Crippen molar-refractivity contribution >= 4 is 22.0 Å². The smallest absolute Gasteiger partial charge is 0.407 e. The molecule has 1 N–H and O–H groups in total. The van der Waals surface area contributed by atoms with Gasteiger partial charge in [0.05, 0.1) is 6.10 Å². The van der Waals surface area contributed by atoms with Gasteiger partial charge in [-0.05, 0) is 51.9 Å². The van der Waals surface area contributed by atoms with Crippen LogP contribution in [0.15, 0.2) is 0 Å². The third kappa shape index (κ3) is 6.61. The van der Waals surface area contributed by atoms with E-state index in [0.717, 1.165) is 37.1 Å². The molecule has 0 saturated heterocycles. The van der Waals surface area contributed by atoms with Crippen molar-refractivity contribution in [3.63, 3.8) is 0 Å². The fraction of sp³-hybridized carbons (Fsp3) is 0.929. The van der Waals surface area contributed by atoms with Crippen molar-refractivity contribution in [1.29, 1.82) is 0 Å². The van der Waals surface area contributed by atoms with E-state index in [1.54, 1.807) is 7.05 Å². The zero-order valence-corrected chi connectivity index (χ0v) is 13.8. The van der Waals surface area contributed by atoms with Gasteiger partial charge in [-0.25, -0.2) is 4.79 Å². The molecule has 1 rings (SSSR count). The van der Waals surface area contributed by atoms with Crippen LogP contribution in [-0.4, -0.2) is 36.8 Å². The zero-order valence-electron chi connectivity index (χ0n) is 12.2. The zero-order chi connectivity index (χ0) is 14.3. The van der Waals surface area contributed by atoms with E-state index in [-0.39, 0.29) is 6.09 Å². The van der Waals surface area contributed by atoms with Crippen molar-refractivity contribution in [2.75, 3.05) is 19.0 Å². The lowest BCUT2D eigenvalue weighted by molar-refractivity contribution is -0.0272. The SMILES string of the molecule is CNC(=O)OC(C)(C)CCCCOC1CC(CBr)C1. The monoisotopic (exact) mass is 335 g/mol. The molecule has 0 spiro atoms. The first-order valence-corrected chi connectivity index (χ1v) is 8.17. The minimum Gasteiger partial charge on any atom is -0.444 e. The van der Waals surface area contributed by atoms with Gasteiger partial charge in [0.2, 0.25) is 0 Å². The fourth-order valence-corrected chi connectivity index (χ4v) is 2.72. The Bertz CT molecular complexity index is 278. The Kier molecular flexibility index (Phi) is 7.15. The van der Waals surface area contributed by atoms with Crippen molar-refractivity contribution in [1.82, 2.24) is 5.32 Å².